The Morgan fingerprint density at radius 3 is 2.35 bits per heavy atom. The van der Waals surface area contributed by atoms with E-state index in [2.05, 4.69) is 38.0 Å². The summed E-state index contributed by atoms with van der Waals surface area (Å²) in [4.78, 5) is 19.2. The van der Waals surface area contributed by atoms with Crippen LogP contribution in [0, 0.1) is 5.92 Å². The van der Waals surface area contributed by atoms with Crippen LogP contribution < -0.4 is 20.7 Å². The van der Waals surface area contributed by atoms with Crippen LogP contribution in [0.25, 0.3) is 0 Å². The molecule has 3 N–H and O–H groups in total. The van der Waals surface area contributed by atoms with Crippen molar-refractivity contribution in [2.75, 3.05) is 46.9 Å². The van der Waals surface area contributed by atoms with Crippen molar-refractivity contribution in [3.05, 3.63) is 29.8 Å². The second kappa shape index (κ2) is 12.5. The molecule has 172 valence electrons. The quantitative estimate of drug-likeness (QED) is 0.320. The fraction of sp³-hybridized carbons (Fsp3) is 0.667. The molecule has 1 aromatic carbocycles. The van der Waals surface area contributed by atoms with Crippen molar-refractivity contribution < 1.29 is 9.53 Å². The average molecular weight is 430 g/mol. The van der Waals surface area contributed by atoms with Gasteiger partial charge in [0.05, 0.1) is 13.2 Å². The van der Waals surface area contributed by atoms with Crippen LogP contribution in [0.5, 0.6) is 5.75 Å². The zero-order valence-electron chi connectivity index (χ0n) is 19.2. The average Bonchev–Trinajstić information content (AvgIpc) is 3.36. The first kappa shape index (κ1) is 23.4. The molecule has 1 saturated carbocycles. The first-order valence-electron chi connectivity index (χ1n) is 11.8. The predicted octanol–water partition coefficient (Wildman–Crippen LogP) is 2.69. The Morgan fingerprint density at radius 1 is 1.03 bits per heavy atom. The lowest BCUT2D eigenvalue weighted by atomic mass is 9.89. The summed E-state index contributed by atoms with van der Waals surface area (Å²) in [5, 5.41) is 9.88. The first-order valence-corrected chi connectivity index (χ1v) is 11.8. The standard InChI is InChI=1S/C24H39N5O2/c1-25-24(27-15-14-26-23(30)20-8-4-3-5-9-20)28-18-22(29-16-6-7-17-29)19-10-12-21(31-2)13-11-19/h10-13,20,22H,3-9,14-18H2,1-2H3,(H,26,30)(H2,25,27,28). The molecule has 1 aromatic rings. The zero-order chi connectivity index (χ0) is 21.9. The molecule has 7 nitrogen and oxygen atoms in total. The molecule has 3 rings (SSSR count). The van der Waals surface area contributed by atoms with E-state index in [1.54, 1.807) is 14.2 Å². The molecule has 1 atom stereocenters. The van der Waals surface area contributed by atoms with Crippen LogP contribution >= 0.6 is 0 Å². The molecule has 1 aliphatic carbocycles. The van der Waals surface area contributed by atoms with Gasteiger partial charge in [-0.25, -0.2) is 0 Å². The van der Waals surface area contributed by atoms with Gasteiger partial charge in [-0.1, -0.05) is 31.4 Å². The Hall–Kier alpha value is -2.28. The van der Waals surface area contributed by atoms with Gasteiger partial charge in [0.1, 0.15) is 5.75 Å². The van der Waals surface area contributed by atoms with Crippen molar-refractivity contribution in [3.63, 3.8) is 0 Å². The maximum Gasteiger partial charge on any atom is 0.223 e. The lowest BCUT2D eigenvalue weighted by Gasteiger charge is -2.29. The lowest BCUT2D eigenvalue weighted by molar-refractivity contribution is -0.125. The number of aliphatic imine (C=N–C) groups is 1. The van der Waals surface area contributed by atoms with E-state index >= 15 is 0 Å². The van der Waals surface area contributed by atoms with E-state index in [1.807, 2.05) is 12.1 Å². The van der Waals surface area contributed by atoms with Crippen LogP contribution in [-0.4, -0.2) is 63.6 Å². The molecular formula is C24H39N5O2. The summed E-state index contributed by atoms with van der Waals surface area (Å²) in [6, 6.07) is 8.65. The molecule has 0 bridgehead atoms. The highest BCUT2D eigenvalue weighted by molar-refractivity contribution is 5.80. The molecule has 0 radical (unpaired) electrons. The number of rotatable bonds is 9. The summed E-state index contributed by atoms with van der Waals surface area (Å²) in [5.41, 5.74) is 1.28. The Kier molecular flexibility index (Phi) is 9.46. The summed E-state index contributed by atoms with van der Waals surface area (Å²) in [7, 11) is 3.48. The lowest BCUT2D eigenvalue weighted by Crippen LogP contribution is -2.45. The number of hydrogen-bond acceptors (Lipinski definition) is 4. The van der Waals surface area contributed by atoms with Gasteiger partial charge in [-0.05, 0) is 56.5 Å². The van der Waals surface area contributed by atoms with Crippen molar-refractivity contribution in [1.29, 1.82) is 0 Å². The monoisotopic (exact) mass is 429 g/mol. The molecule has 1 aliphatic heterocycles. The third-order valence-corrected chi connectivity index (χ3v) is 6.46. The Labute approximate surface area is 187 Å². The van der Waals surface area contributed by atoms with Crippen LogP contribution in [0.4, 0.5) is 0 Å². The summed E-state index contributed by atoms with van der Waals surface area (Å²) in [5.74, 6) is 2.06. The van der Waals surface area contributed by atoms with E-state index in [0.717, 1.165) is 44.2 Å². The van der Waals surface area contributed by atoms with Gasteiger partial charge in [0, 0.05) is 32.6 Å². The highest BCUT2D eigenvalue weighted by Crippen LogP contribution is 2.26. The van der Waals surface area contributed by atoms with Gasteiger partial charge in [-0.2, -0.15) is 0 Å². The Balaban J connectivity index is 1.45. The van der Waals surface area contributed by atoms with Gasteiger partial charge >= 0.3 is 0 Å². The number of methoxy groups -OCH3 is 1. The number of carbonyl (C=O) groups is 1. The number of hydrogen-bond donors (Lipinski definition) is 3. The van der Waals surface area contributed by atoms with Gasteiger partial charge in [0.25, 0.3) is 0 Å². The SMILES string of the molecule is CN=C(NCCNC(=O)C1CCCCC1)NCC(c1ccc(OC)cc1)N1CCCC1. The summed E-state index contributed by atoms with van der Waals surface area (Å²) in [6.07, 6.45) is 8.19. The number of likely N-dealkylation sites (tertiary alicyclic amines) is 1. The molecule has 1 amide bonds. The zero-order valence-corrected chi connectivity index (χ0v) is 19.2. The van der Waals surface area contributed by atoms with Crippen molar-refractivity contribution >= 4 is 11.9 Å². The van der Waals surface area contributed by atoms with Gasteiger partial charge in [0.2, 0.25) is 5.91 Å². The minimum Gasteiger partial charge on any atom is -0.497 e. The van der Waals surface area contributed by atoms with E-state index in [9.17, 15) is 4.79 Å². The smallest absolute Gasteiger partial charge is 0.223 e. The minimum atomic E-state index is 0.205. The topological polar surface area (TPSA) is 78.0 Å². The maximum absolute atomic E-state index is 12.3. The van der Waals surface area contributed by atoms with Crippen LogP contribution in [0.1, 0.15) is 56.6 Å². The van der Waals surface area contributed by atoms with Crippen molar-refractivity contribution in [1.82, 2.24) is 20.9 Å². The second-order valence-electron chi connectivity index (χ2n) is 8.54. The number of nitrogens with one attached hydrogen (secondary N) is 3. The molecule has 7 heteroatoms. The van der Waals surface area contributed by atoms with E-state index in [4.69, 9.17) is 4.74 Å². The molecule has 1 unspecified atom stereocenters. The summed E-state index contributed by atoms with van der Waals surface area (Å²) in [6.45, 7) is 4.30. The van der Waals surface area contributed by atoms with Crippen molar-refractivity contribution in [3.8, 4) is 5.75 Å². The van der Waals surface area contributed by atoms with E-state index in [-0.39, 0.29) is 17.9 Å². The molecule has 1 saturated heterocycles. The predicted molar refractivity (Wildman–Crippen MR) is 125 cm³/mol. The van der Waals surface area contributed by atoms with E-state index in [0.29, 0.717) is 13.1 Å². The van der Waals surface area contributed by atoms with Crippen LogP contribution in [-0.2, 0) is 4.79 Å². The first-order chi connectivity index (χ1) is 15.2. The summed E-state index contributed by atoms with van der Waals surface area (Å²) < 4.78 is 5.31. The number of carbonyl (C=O) groups excluding carboxylic acids is 1. The fourth-order valence-corrected chi connectivity index (χ4v) is 4.63. The highest BCUT2D eigenvalue weighted by Gasteiger charge is 2.24. The van der Waals surface area contributed by atoms with Crippen molar-refractivity contribution in [2.24, 2.45) is 10.9 Å². The summed E-state index contributed by atoms with van der Waals surface area (Å²) >= 11 is 0. The normalized spacial score (nSPS) is 19.1. The van der Waals surface area contributed by atoms with Gasteiger partial charge in [-0.15, -0.1) is 0 Å². The third kappa shape index (κ3) is 7.13. The van der Waals surface area contributed by atoms with Crippen molar-refractivity contribution in [2.45, 2.75) is 51.0 Å². The molecule has 2 fully saturated rings. The number of nitrogens with zero attached hydrogens (tertiary/aromatic N) is 2. The highest BCUT2D eigenvalue weighted by atomic mass is 16.5. The van der Waals surface area contributed by atoms with Crippen LogP contribution in [0.15, 0.2) is 29.3 Å². The van der Waals surface area contributed by atoms with Gasteiger partial charge < -0.3 is 20.7 Å². The van der Waals surface area contributed by atoms with Gasteiger partial charge in [-0.3, -0.25) is 14.7 Å². The Bertz CT molecular complexity index is 694. The molecule has 2 aliphatic rings. The largest absolute Gasteiger partial charge is 0.497 e. The van der Waals surface area contributed by atoms with Crippen LogP contribution in [0.3, 0.4) is 0 Å². The molecule has 31 heavy (non-hydrogen) atoms. The van der Waals surface area contributed by atoms with Crippen LogP contribution in [0.2, 0.25) is 0 Å². The number of benzene rings is 1. The Morgan fingerprint density at radius 2 is 1.71 bits per heavy atom. The van der Waals surface area contributed by atoms with E-state index in [1.165, 1.54) is 37.7 Å². The minimum absolute atomic E-state index is 0.205. The third-order valence-electron chi connectivity index (χ3n) is 6.46. The van der Waals surface area contributed by atoms with Gasteiger partial charge in [0.15, 0.2) is 5.96 Å². The second-order valence-corrected chi connectivity index (χ2v) is 8.54. The molecular weight excluding hydrogens is 390 g/mol. The molecule has 1 heterocycles. The maximum atomic E-state index is 12.3. The number of guanidine groups is 1. The van der Waals surface area contributed by atoms with E-state index < -0.39 is 0 Å². The fourth-order valence-electron chi connectivity index (χ4n) is 4.63. The number of amides is 1. The molecule has 0 spiro atoms. The number of ether oxygens (including phenoxy) is 1. The molecule has 0 aromatic heterocycles.